The van der Waals surface area contributed by atoms with E-state index in [1.807, 2.05) is 6.92 Å². The van der Waals surface area contributed by atoms with Crippen molar-refractivity contribution < 1.29 is 29.6 Å². The fourth-order valence-electron chi connectivity index (χ4n) is 2.20. The molecule has 1 heterocycles. The minimum Gasteiger partial charge on any atom is -0.481 e. The number of unbranched alkanes of at least 4 members (excludes halogenated alkanes) is 1. The topological polar surface area (TPSA) is 96.2 Å². The number of aliphatic hydroxyl groups is 2. The van der Waals surface area contributed by atoms with Crippen LogP contribution < -0.4 is 0 Å². The average Bonchev–Trinajstić information content (AvgIpc) is 2.31. The lowest BCUT2D eigenvalue weighted by Crippen LogP contribution is -2.54. The summed E-state index contributed by atoms with van der Waals surface area (Å²) in [6.07, 6.45) is 0.0183. The van der Waals surface area contributed by atoms with E-state index < -0.39 is 30.1 Å². The molecule has 3 unspecified atom stereocenters. The van der Waals surface area contributed by atoms with E-state index in [1.165, 1.54) is 0 Å². The lowest BCUT2D eigenvalue weighted by molar-refractivity contribution is -0.304. The predicted molar refractivity (Wildman–Crippen MR) is 72.2 cm³/mol. The average molecular weight is 290 g/mol. The number of hydrogen-bond donors (Lipinski definition) is 3. The third-order valence-electron chi connectivity index (χ3n) is 3.62. The maximum Gasteiger partial charge on any atom is 0.303 e. The van der Waals surface area contributed by atoms with Crippen molar-refractivity contribution in [3.8, 4) is 0 Å². The van der Waals surface area contributed by atoms with E-state index >= 15 is 0 Å². The zero-order chi connectivity index (χ0) is 15.3. The minimum atomic E-state index is -0.848. The highest BCUT2D eigenvalue weighted by atomic mass is 16.7. The van der Waals surface area contributed by atoms with Crippen LogP contribution in [0.5, 0.6) is 0 Å². The molecule has 118 valence electrons. The van der Waals surface area contributed by atoms with E-state index in [9.17, 15) is 15.0 Å². The maximum atomic E-state index is 10.4. The van der Waals surface area contributed by atoms with Crippen LogP contribution in [-0.2, 0) is 14.3 Å². The first-order chi connectivity index (χ1) is 9.22. The van der Waals surface area contributed by atoms with Gasteiger partial charge in [-0.3, -0.25) is 4.79 Å². The molecule has 0 saturated carbocycles. The van der Waals surface area contributed by atoms with E-state index in [4.69, 9.17) is 14.6 Å². The second kappa shape index (κ2) is 7.36. The largest absolute Gasteiger partial charge is 0.481 e. The normalized spacial score (nSPS) is 30.9. The van der Waals surface area contributed by atoms with Gasteiger partial charge in [0, 0.05) is 12.8 Å². The summed E-state index contributed by atoms with van der Waals surface area (Å²) in [5.74, 6) is -0.791. The van der Waals surface area contributed by atoms with Crippen molar-refractivity contribution in [2.75, 3.05) is 0 Å². The van der Waals surface area contributed by atoms with Gasteiger partial charge in [-0.25, -0.2) is 0 Å². The number of aliphatic hydroxyl groups excluding tert-OH is 2. The van der Waals surface area contributed by atoms with Crippen LogP contribution in [0.2, 0.25) is 0 Å². The third kappa shape index (κ3) is 5.36. The summed E-state index contributed by atoms with van der Waals surface area (Å²) in [5, 5.41) is 28.2. The molecule has 0 radical (unpaired) electrons. The molecule has 0 aromatic rings. The zero-order valence-electron chi connectivity index (χ0n) is 12.4. The minimum absolute atomic E-state index is 0.130. The number of carboxylic acid groups (broad SMARTS) is 1. The second-order valence-electron chi connectivity index (χ2n) is 5.99. The van der Waals surface area contributed by atoms with Gasteiger partial charge in [-0.1, -0.05) is 6.42 Å². The summed E-state index contributed by atoms with van der Waals surface area (Å²) in [4.78, 5) is 10.4. The Morgan fingerprint density at radius 1 is 1.40 bits per heavy atom. The molecule has 0 bridgehead atoms. The van der Waals surface area contributed by atoms with Gasteiger partial charge in [-0.2, -0.15) is 0 Å². The Hall–Kier alpha value is -0.690. The highest BCUT2D eigenvalue weighted by Crippen LogP contribution is 2.30. The number of hydrogen-bond acceptors (Lipinski definition) is 5. The smallest absolute Gasteiger partial charge is 0.303 e. The quantitative estimate of drug-likeness (QED) is 0.611. The van der Waals surface area contributed by atoms with Crippen molar-refractivity contribution in [1.82, 2.24) is 0 Å². The number of rotatable bonds is 7. The first-order valence-electron chi connectivity index (χ1n) is 7.13. The van der Waals surface area contributed by atoms with Crippen LogP contribution in [0.3, 0.4) is 0 Å². The Morgan fingerprint density at radius 3 is 2.65 bits per heavy atom. The van der Waals surface area contributed by atoms with Crippen molar-refractivity contribution >= 4 is 5.97 Å². The highest BCUT2D eigenvalue weighted by molar-refractivity contribution is 5.66. The van der Waals surface area contributed by atoms with Crippen molar-refractivity contribution in [3.63, 3.8) is 0 Å². The zero-order valence-corrected chi connectivity index (χ0v) is 12.4. The Labute approximate surface area is 119 Å². The molecule has 6 nitrogen and oxygen atoms in total. The number of ether oxygens (including phenoxy) is 2. The van der Waals surface area contributed by atoms with Gasteiger partial charge in [0.25, 0.3) is 0 Å². The Morgan fingerprint density at radius 2 is 2.05 bits per heavy atom. The lowest BCUT2D eigenvalue weighted by atomic mass is 9.92. The molecule has 0 amide bonds. The predicted octanol–water partition coefficient (Wildman–Crippen LogP) is 1.28. The number of aliphatic carboxylic acids is 1. The van der Waals surface area contributed by atoms with Crippen LogP contribution in [0.25, 0.3) is 0 Å². The molecule has 0 spiro atoms. The van der Waals surface area contributed by atoms with E-state index in [-0.39, 0.29) is 18.9 Å². The van der Waals surface area contributed by atoms with Gasteiger partial charge in [0.15, 0.2) is 6.29 Å². The van der Waals surface area contributed by atoms with E-state index in [0.29, 0.717) is 12.8 Å². The SMILES string of the molecule is C[C@H](CCCCC(=O)O)OC1OC(C)(C)C(O)CC1O. The Kier molecular flexibility index (Phi) is 6.39. The molecule has 1 fully saturated rings. The molecule has 1 aliphatic heterocycles. The van der Waals surface area contributed by atoms with Gasteiger partial charge in [-0.15, -0.1) is 0 Å². The van der Waals surface area contributed by atoms with Crippen molar-refractivity contribution in [3.05, 3.63) is 0 Å². The van der Waals surface area contributed by atoms with Crippen LogP contribution >= 0.6 is 0 Å². The van der Waals surface area contributed by atoms with E-state index in [1.54, 1.807) is 13.8 Å². The molecule has 1 saturated heterocycles. The molecule has 1 aliphatic rings. The lowest BCUT2D eigenvalue weighted by Gasteiger charge is -2.43. The van der Waals surface area contributed by atoms with E-state index in [0.717, 1.165) is 6.42 Å². The number of carboxylic acids is 1. The molecular formula is C14H26O6. The summed E-state index contributed by atoms with van der Waals surface area (Å²) >= 11 is 0. The van der Waals surface area contributed by atoms with Crippen LogP contribution in [0.15, 0.2) is 0 Å². The Bertz CT molecular complexity index is 317. The summed E-state index contributed by atoms with van der Waals surface area (Å²) < 4.78 is 11.3. The van der Waals surface area contributed by atoms with Gasteiger partial charge < -0.3 is 24.8 Å². The summed E-state index contributed by atoms with van der Waals surface area (Å²) in [7, 11) is 0. The maximum absolute atomic E-state index is 10.4. The summed E-state index contributed by atoms with van der Waals surface area (Å²) in [6.45, 7) is 5.39. The second-order valence-corrected chi connectivity index (χ2v) is 5.99. The molecule has 0 aliphatic carbocycles. The third-order valence-corrected chi connectivity index (χ3v) is 3.62. The van der Waals surface area contributed by atoms with Crippen LogP contribution in [0.4, 0.5) is 0 Å². The Balaban J connectivity index is 2.33. The molecule has 1 rings (SSSR count). The first kappa shape index (κ1) is 17.4. The van der Waals surface area contributed by atoms with Gasteiger partial charge in [0.1, 0.15) is 6.10 Å². The molecule has 4 atom stereocenters. The standard InChI is InChI=1S/C14H26O6/c1-9(6-4-5-7-12(17)18)19-13-10(15)8-11(16)14(2,3)20-13/h9-11,13,15-16H,4-8H2,1-3H3,(H,17,18)/t9-,10?,11?,13?/m1/s1. The van der Waals surface area contributed by atoms with Gasteiger partial charge >= 0.3 is 5.97 Å². The van der Waals surface area contributed by atoms with Crippen molar-refractivity contribution in [1.29, 1.82) is 0 Å². The van der Waals surface area contributed by atoms with Crippen LogP contribution in [-0.4, -0.2) is 51.5 Å². The molecule has 6 heteroatoms. The molecule has 20 heavy (non-hydrogen) atoms. The first-order valence-corrected chi connectivity index (χ1v) is 7.13. The molecular weight excluding hydrogens is 264 g/mol. The van der Waals surface area contributed by atoms with Crippen LogP contribution in [0, 0.1) is 0 Å². The molecule has 0 aromatic carbocycles. The molecule has 0 aromatic heterocycles. The fraction of sp³-hybridized carbons (Fsp3) is 0.929. The van der Waals surface area contributed by atoms with Crippen LogP contribution in [0.1, 0.15) is 52.9 Å². The van der Waals surface area contributed by atoms with Gasteiger partial charge in [0.05, 0.1) is 17.8 Å². The van der Waals surface area contributed by atoms with Crippen molar-refractivity contribution in [2.24, 2.45) is 0 Å². The summed E-state index contributed by atoms with van der Waals surface area (Å²) in [5.41, 5.74) is -0.743. The highest BCUT2D eigenvalue weighted by Gasteiger charge is 2.42. The number of carbonyl (C=O) groups is 1. The fourth-order valence-corrected chi connectivity index (χ4v) is 2.20. The summed E-state index contributed by atoms with van der Waals surface area (Å²) in [6, 6.07) is 0. The monoisotopic (exact) mass is 290 g/mol. The molecule has 3 N–H and O–H groups in total. The van der Waals surface area contributed by atoms with Crippen molar-refractivity contribution in [2.45, 2.75) is 83.1 Å². The van der Waals surface area contributed by atoms with E-state index in [2.05, 4.69) is 0 Å². The van der Waals surface area contributed by atoms with Gasteiger partial charge in [-0.05, 0) is 33.6 Å². The van der Waals surface area contributed by atoms with Gasteiger partial charge in [0.2, 0.25) is 0 Å².